The van der Waals surface area contributed by atoms with Crippen LogP contribution in [0.4, 0.5) is 19.1 Å². The molecule has 1 aliphatic heterocycles. The molecule has 0 aliphatic carbocycles. The lowest BCUT2D eigenvalue weighted by atomic mass is 10.1. The number of piperazine rings is 1. The Hall–Kier alpha value is -2.15. The van der Waals surface area contributed by atoms with Crippen molar-refractivity contribution in [2.75, 3.05) is 31.1 Å². The van der Waals surface area contributed by atoms with Crippen LogP contribution in [0.3, 0.4) is 0 Å². The molecule has 2 heterocycles. The Morgan fingerprint density at radius 2 is 1.74 bits per heavy atom. The van der Waals surface area contributed by atoms with Gasteiger partial charge in [-0.05, 0) is 18.2 Å². The summed E-state index contributed by atoms with van der Waals surface area (Å²) in [5.41, 5.74) is 0.143. The Kier molecular flexibility index (Phi) is 4.47. The Bertz CT molecular complexity index is 637. The van der Waals surface area contributed by atoms with Gasteiger partial charge < -0.3 is 9.80 Å². The minimum Gasteiger partial charge on any atom is -0.330 e. The van der Waals surface area contributed by atoms with Crippen molar-refractivity contribution in [2.24, 2.45) is 0 Å². The Morgan fingerprint density at radius 3 is 2.39 bits per heavy atom. The third-order valence-electron chi connectivity index (χ3n) is 4.01. The molecular formula is C16H18F3N4+. The van der Waals surface area contributed by atoms with Crippen LogP contribution in [-0.2, 0) is 12.7 Å². The van der Waals surface area contributed by atoms with Crippen LogP contribution in [0.15, 0.2) is 42.7 Å². The second-order valence-electron chi connectivity index (χ2n) is 5.66. The minimum absolute atomic E-state index is 0.578. The van der Waals surface area contributed by atoms with Gasteiger partial charge in [-0.1, -0.05) is 12.1 Å². The van der Waals surface area contributed by atoms with Crippen LogP contribution in [0.1, 0.15) is 11.1 Å². The predicted molar refractivity (Wildman–Crippen MR) is 80.1 cm³/mol. The van der Waals surface area contributed by atoms with E-state index >= 15 is 0 Å². The molecule has 0 saturated carbocycles. The molecule has 23 heavy (non-hydrogen) atoms. The summed E-state index contributed by atoms with van der Waals surface area (Å²) in [5, 5.41) is 0. The van der Waals surface area contributed by atoms with Crippen molar-refractivity contribution in [1.82, 2.24) is 9.97 Å². The van der Waals surface area contributed by atoms with Crippen molar-refractivity contribution < 1.29 is 18.1 Å². The van der Waals surface area contributed by atoms with Gasteiger partial charge >= 0.3 is 6.18 Å². The first-order valence-corrected chi connectivity index (χ1v) is 7.54. The number of halogens is 3. The molecule has 1 aliphatic rings. The molecule has 0 atom stereocenters. The van der Waals surface area contributed by atoms with E-state index in [1.165, 1.54) is 17.0 Å². The fourth-order valence-electron chi connectivity index (χ4n) is 2.80. The standard InChI is InChI=1S/C16H17F3N4/c17-16(18,19)14-4-1-3-13(11-14)12-22-7-9-23(10-8-22)15-20-5-2-6-21-15/h1-6,11H,7-10,12H2/p+1. The van der Waals surface area contributed by atoms with Gasteiger partial charge in [0.05, 0.1) is 31.7 Å². The summed E-state index contributed by atoms with van der Waals surface area (Å²) in [6, 6.07) is 7.38. The van der Waals surface area contributed by atoms with E-state index in [1.54, 1.807) is 24.5 Å². The molecule has 4 nitrogen and oxygen atoms in total. The van der Waals surface area contributed by atoms with Gasteiger partial charge in [-0.15, -0.1) is 0 Å². The number of alkyl halides is 3. The topological polar surface area (TPSA) is 33.5 Å². The van der Waals surface area contributed by atoms with Gasteiger partial charge in [-0.3, -0.25) is 0 Å². The summed E-state index contributed by atoms with van der Waals surface area (Å²) in [4.78, 5) is 11.8. The van der Waals surface area contributed by atoms with E-state index in [0.717, 1.165) is 37.8 Å². The lowest BCUT2D eigenvalue weighted by molar-refractivity contribution is -0.914. The SMILES string of the molecule is FC(F)(F)c1cccc(C[NH+]2CCN(c3ncccn3)CC2)c1. The van der Waals surface area contributed by atoms with Crippen LogP contribution in [0, 0.1) is 0 Å². The van der Waals surface area contributed by atoms with Crippen molar-refractivity contribution in [2.45, 2.75) is 12.7 Å². The third kappa shape index (κ3) is 3.98. The fraction of sp³-hybridized carbons (Fsp3) is 0.375. The molecule has 0 bridgehead atoms. The number of hydrogen-bond donors (Lipinski definition) is 1. The molecule has 122 valence electrons. The second-order valence-corrected chi connectivity index (χ2v) is 5.66. The fourth-order valence-corrected chi connectivity index (χ4v) is 2.80. The maximum Gasteiger partial charge on any atom is 0.416 e. The van der Waals surface area contributed by atoms with Crippen LogP contribution in [-0.4, -0.2) is 36.1 Å². The van der Waals surface area contributed by atoms with Crippen molar-refractivity contribution >= 4 is 5.95 Å². The van der Waals surface area contributed by atoms with Gasteiger partial charge in [0.25, 0.3) is 0 Å². The molecule has 1 aromatic carbocycles. The number of quaternary nitrogens is 1. The van der Waals surface area contributed by atoms with E-state index in [2.05, 4.69) is 14.9 Å². The first-order chi connectivity index (χ1) is 11.0. The maximum absolute atomic E-state index is 12.8. The van der Waals surface area contributed by atoms with Crippen molar-refractivity contribution in [3.63, 3.8) is 0 Å². The molecule has 7 heteroatoms. The van der Waals surface area contributed by atoms with Crippen LogP contribution in [0.25, 0.3) is 0 Å². The summed E-state index contributed by atoms with van der Waals surface area (Å²) in [6.45, 7) is 3.92. The van der Waals surface area contributed by atoms with E-state index < -0.39 is 11.7 Å². The highest BCUT2D eigenvalue weighted by molar-refractivity contribution is 5.28. The molecule has 3 rings (SSSR count). The molecule has 0 radical (unpaired) electrons. The van der Waals surface area contributed by atoms with E-state index in [4.69, 9.17) is 0 Å². The summed E-state index contributed by atoms with van der Waals surface area (Å²) in [7, 11) is 0. The van der Waals surface area contributed by atoms with Crippen LogP contribution >= 0.6 is 0 Å². The number of benzene rings is 1. The number of aromatic nitrogens is 2. The lowest BCUT2D eigenvalue weighted by Crippen LogP contribution is -3.13. The van der Waals surface area contributed by atoms with Crippen LogP contribution in [0.2, 0.25) is 0 Å². The second kappa shape index (κ2) is 6.54. The van der Waals surface area contributed by atoms with Gasteiger partial charge in [0.2, 0.25) is 5.95 Å². The largest absolute Gasteiger partial charge is 0.416 e. The monoisotopic (exact) mass is 323 g/mol. The highest BCUT2D eigenvalue weighted by Gasteiger charge is 2.31. The predicted octanol–water partition coefficient (Wildman–Crippen LogP) is 1.40. The Balaban J connectivity index is 1.59. The van der Waals surface area contributed by atoms with E-state index in [-0.39, 0.29) is 0 Å². The Labute approximate surface area is 132 Å². The molecule has 1 aromatic heterocycles. The molecule has 1 fully saturated rings. The molecule has 0 spiro atoms. The summed E-state index contributed by atoms with van der Waals surface area (Å²) in [5.74, 6) is 0.714. The van der Waals surface area contributed by atoms with Gasteiger partial charge in [0.15, 0.2) is 0 Å². The average molecular weight is 323 g/mol. The molecule has 1 saturated heterocycles. The number of rotatable bonds is 3. The first kappa shape index (κ1) is 15.7. The summed E-state index contributed by atoms with van der Waals surface area (Å²) >= 11 is 0. The number of nitrogens with one attached hydrogen (secondary N) is 1. The molecule has 1 N–H and O–H groups in total. The molecule has 0 unspecified atom stereocenters. The number of nitrogens with zero attached hydrogens (tertiary/aromatic N) is 3. The van der Waals surface area contributed by atoms with E-state index in [9.17, 15) is 13.2 Å². The average Bonchev–Trinajstić information content (AvgIpc) is 2.56. The normalized spacial score (nSPS) is 16.6. The highest BCUT2D eigenvalue weighted by Crippen LogP contribution is 2.29. The zero-order valence-corrected chi connectivity index (χ0v) is 12.6. The lowest BCUT2D eigenvalue weighted by Gasteiger charge is -2.32. The van der Waals surface area contributed by atoms with Crippen LogP contribution < -0.4 is 9.80 Å². The van der Waals surface area contributed by atoms with Gasteiger partial charge in [-0.2, -0.15) is 13.2 Å². The summed E-state index contributed by atoms with van der Waals surface area (Å²) < 4.78 is 38.3. The van der Waals surface area contributed by atoms with E-state index in [1.807, 2.05) is 0 Å². The maximum atomic E-state index is 12.8. The van der Waals surface area contributed by atoms with E-state index in [0.29, 0.717) is 12.5 Å². The molecule has 2 aromatic rings. The van der Waals surface area contributed by atoms with Crippen molar-refractivity contribution in [3.8, 4) is 0 Å². The molecule has 0 amide bonds. The Morgan fingerprint density at radius 1 is 1.04 bits per heavy atom. The van der Waals surface area contributed by atoms with Crippen LogP contribution in [0.5, 0.6) is 0 Å². The van der Waals surface area contributed by atoms with Gasteiger partial charge in [0.1, 0.15) is 6.54 Å². The van der Waals surface area contributed by atoms with Gasteiger partial charge in [0, 0.05) is 18.0 Å². The third-order valence-corrected chi connectivity index (χ3v) is 4.01. The smallest absolute Gasteiger partial charge is 0.330 e. The first-order valence-electron chi connectivity index (χ1n) is 7.54. The summed E-state index contributed by atoms with van der Waals surface area (Å²) in [6.07, 6.45) is -0.858. The van der Waals surface area contributed by atoms with Crippen molar-refractivity contribution in [1.29, 1.82) is 0 Å². The zero-order valence-electron chi connectivity index (χ0n) is 12.6. The minimum atomic E-state index is -4.28. The number of anilines is 1. The number of hydrogen-bond acceptors (Lipinski definition) is 3. The van der Waals surface area contributed by atoms with Crippen molar-refractivity contribution in [3.05, 3.63) is 53.9 Å². The quantitative estimate of drug-likeness (QED) is 0.927. The highest BCUT2D eigenvalue weighted by atomic mass is 19.4. The van der Waals surface area contributed by atoms with Gasteiger partial charge in [-0.25, -0.2) is 9.97 Å². The molecular weight excluding hydrogens is 305 g/mol. The zero-order chi connectivity index (χ0) is 16.3.